The molecule has 1 amide bonds. The molecule has 4 aromatic rings. The topological polar surface area (TPSA) is 103 Å². The Balaban J connectivity index is 1.42. The number of anilines is 1. The maximum absolute atomic E-state index is 13.3. The number of amides is 1. The average Bonchev–Trinajstić information content (AvgIpc) is 3.37. The highest BCUT2D eigenvalue weighted by Gasteiger charge is 2.32. The first-order chi connectivity index (χ1) is 15.1. The second kappa shape index (κ2) is 7.67. The number of nitrogens with zero attached hydrogens (tertiary/aromatic N) is 3. The van der Waals surface area contributed by atoms with Crippen molar-refractivity contribution < 1.29 is 22.8 Å². The van der Waals surface area contributed by atoms with Crippen LogP contribution in [0.5, 0.6) is 5.75 Å². The van der Waals surface area contributed by atoms with Crippen LogP contribution in [0.4, 0.5) is 10.4 Å². The molecule has 1 N–H and O–H groups in total. The van der Waals surface area contributed by atoms with E-state index in [1.807, 2.05) is 0 Å². The van der Waals surface area contributed by atoms with E-state index < -0.39 is 5.91 Å². The number of hydrogen-bond acceptors (Lipinski definition) is 7. The summed E-state index contributed by atoms with van der Waals surface area (Å²) in [5, 5.41) is 2.59. The number of oxazole rings is 2. The number of hydrogen-bond donors (Lipinski definition) is 1. The van der Waals surface area contributed by atoms with Crippen LogP contribution >= 0.6 is 0 Å². The number of nitrogens with one attached hydrogen (secondary N) is 1. The van der Waals surface area contributed by atoms with Gasteiger partial charge in [0.05, 0.1) is 12.8 Å². The van der Waals surface area contributed by atoms with Crippen LogP contribution in [0.1, 0.15) is 35.2 Å². The van der Waals surface area contributed by atoms with E-state index in [1.165, 1.54) is 18.4 Å². The minimum atomic E-state index is -0.564. The number of ether oxygens (including phenoxy) is 1. The molecular weight excluding hydrogens is 403 g/mol. The number of rotatable bonds is 6. The predicted octanol–water partition coefficient (Wildman–Crippen LogP) is 4.67. The smallest absolute Gasteiger partial charge is 0.302 e. The highest BCUT2D eigenvalue weighted by atomic mass is 19.1. The molecule has 1 aliphatic carbocycles. The maximum atomic E-state index is 13.3. The van der Waals surface area contributed by atoms with Crippen molar-refractivity contribution in [2.75, 3.05) is 12.4 Å². The molecule has 0 saturated heterocycles. The number of carbonyl (C=O) groups is 1. The zero-order chi connectivity index (χ0) is 21.4. The zero-order valence-electron chi connectivity index (χ0n) is 16.5. The second-order valence-corrected chi connectivity index (χ2v) is 7.08. The van der Waals surface area contributed by atoms with E-state index in [9.17, 15) is 9.18 Å². The Kier molecular flexibility index (Phi) is 4.70. The van der Waals surface area contributed by atoms with Gasteiger partial charge in [0.1, 0.15) is 29.2 Å². The van der Waals surface area contributed by atoms with Gasteiger partial charge in [-0.1, -0.05) is 0 Å². The number of aromatic nitrogens is 3. The van der Waals surface area contributed by atoms with Gasteiger partial charge >= 0.3 is 6.01 Å². The van der Waals surface area contributed by atoms with Gasteiger partial charge in [0, 0.05) is 23.7 Å². The molecule has 1 saturated carbocycles. The molecule has 1 aliphatic rings. The van der Waals surface area contributed by atoms with E-state index in [1.54, 1.807) is 37.6 Å². The van der Waals surface area contributed by atoms with Crippen molar-refractivity contribution in [1.29, 1.82) is 0 Å². The Morgan fingerprint density at radius 2 is 1.97 bits per heavy atom. The number of halogens is 1. The lowest BCUT2D eigenvalue weighted by molar-refractivity contribution is 0.0993. The number of benzene rings is 1. The Hall–Kier alpha value is -4.01. The van der Waals surface area contributed by atoms with E-state index in [2.05, 4.69) is 20.3 Å². The van der Waals surface area contributed by atoms with Gasteiger partial charge in [0.25, 0.3) is 5.91 Å². The van der Waals surface area contributed by atoms with E-state index in [-0.39, 0.29) is 23.5 Å². The minimum Gasteiger partial charge on any atom is -0.497 e. The fourth-order valence-corrected chi connectivity index (χ4v) is 3.08. The molecule has 3 aromatic heterocycles. The first kappa shape index (κ1) is 19.0. The lowest BCUT2D eigenvalue weighted by atomic mass is 10.1. The Labute approximate surface area is 176 Å². The standard InChI is InChI=1S/C22H17FN4O4/c1-29-15-8-9-24-16(10-15)17-11-30-22(25-17)27-20(28)19-18(12-4-6-14(23)7-5-12)26-21(31-19)13-2-3-13/h4-11,13H,2-3H2,1H3,(H,25,27,28). The van der Waals surface area contributed by atoms with Crippen molar-refractivity contribution in [3.8, 4) is 28.4 Å². The van der Waals surface area contributed by atoms with Crippen molar-refractivity contribution in [2.24, 2.45) is 0 Å². The third-order valence-electron chi connectivity index (χ3n) is 4.85. The molecule has 9 heteroatoms. The molecule has 0 atom stereocenters. The second-order valence-electron chi connectivity index (χ2n) is 7.08. The Bertz CT molecular complexity index is 1240. The van der Waals surface area contributed by atoms with Gasteiger partial charge in [-0.25, -0.2) is 9.37 Å². The SMILES string of the molecule is COc1ccnc(-c2coc(NC(=O)c3oc(C4CC4)nc3-c3ccc(F)cc3)n2)c1. The minimum absolute atomic E-state index is 0.0148. The van der Waals surface area contributed by atoms with Crippen molar-refractivity contribution in [3.05, 3.63) is 66.3 Å². The summed E-state index contributed by atoms with van der Waals surface area (Å²) in [4.78, 5) is 25.9. The fraction of sp³-hybridized carbons (Fsp3) is 0.182. The molecule has 0 aliphatic heterocycles. The van der Waals surface area contributed by atoms with Gasteiger partial charge in [0.2, 0.25) is 5.76 Å². The van der Waals surface area contributed by atoms with Crippen LogP contribution in [-0.2, 0) is 0 Å². The highest BCUT2D eigenvalue weighted by molar-refractivity contribution is 6.05. The normalized spacial score (nSPS) is 13.2. The van der Waals surface area contributed by atoms with Crippen LogP contribution in [0.25, 0.3) is 22.6 Å². The van der Waals surface area contributed by atoms with Gasteiger partial charge in [-0.15, -0.1) is 0 Å². The third-order valence-corrected chi connectivity index (χ3v) is 4.85. The lowest BCUT2D eigenvalue weighted by Gasteiger charge is -2.01. The summed E-state index contributed by atoms with van der Waals surface area (Å²) in [6, 6.07) is 9.13. The van der Waals surface area contributed by atoms with Crippen molar-refractivity contribution in [2.45, 2.75) is 18.8 Å². The maximum Gasteiger partial charge on any atom is 0.302 e. The molecule has 0 unspecified atom stereocenters. The Morgan fingerprint density at radius 3 is 2.71 bits per heavy atom. The summed E-state index contributed by atoms with van der Waals surface area (Å²) in [6.45, 7) is 0. The molecular formula is C22H17FN4O4. The summed E-state index contributed by atoms with van der Waals surface area (Å²) in [6.07, 6.45) is 4.89. The number of carbonyl (C=O) groups excluding carboxylic acids is 1. The largest absolute Gasteiger partial charge is 0.497 e. The van der Waals surface area contributed by atoms with Gasteiger partial charge < -0.3 is 13.6 Å². The van der Waals surface area contributed by atoms with Gasteiger partial charge in [-0.2, -0.15) is 4.98 Å². The molecule has 0 radical (unpaired) electrons. The van der Waals surface area contributed by atoms with Gasteiger partial charge in [-0.05, 0) is 43.2 Å². The highest BCUT2D eigenvalue weighted by Crippen LogP contribution is 2.41. The van der Waals surface area contributed by atoms with Gasteiger partial charge in [-0.3, -0.25) is 15.1 Å². The first-order valence-electron chi connectivity index (χ1n) is 9.64. The Morgan fingerprint density at radius 1 is 1.16 bits per heavy atom. The van der Waals surface area contributed by atoms with E-state index >= 15 is 0 Å². The lowest BCUT2D eigenvalue weighted by Crippen LogP contribution is -2.12. The first-order valence-corrected chi connectivity index (χ1v) is 9.64. The van der Waals surface area contributed by atoms with Gasteiger partial charge in [0.15, 0.2) is 5.89 Å². The number of methoxy groups -OCH3 is 1. The molecule has 5 rings (SSSR count). The van der Waals surface area contributed by atoms with Crippen LogP contribution in [0, 0.1) is 5.82 Å². The monoisotopic (exact) mass is 420 g/mol. The predicted molar refractivity (Wildman–Crippen MR) is 108 cm³/mol. The fourth-order valence-electron chi connectivity index (χ4n) is 3.08. The summed E-state index contributed by atoms with van der Waals surface area (Å²) < 4.78 is 29.7. The molecule has 1 fully saturated rings. The van der Waals surface area contributed by atoms with Crippen LogP contribution in [-0.4, -0.2) is 28.0 Å². The molecule has 8 nitrogen and oxygen atoms in total. The zero-order valence-corrected chi connectivity index (χ0v) is 16.5. The van der Waals surface area contributed by atoms with Crippen molar-refractivity contribution in [1.82, 2.24) is 15.0 Å². The summed E-state index contributed by atoms with van der Waals surface area (Å²) >= 11 is 0. The van der Waals surface area contributed by atoms with E-state index in [0.717, 1.165) is 12.8 Å². The van der Waals surface area contributed by atoms with E-state index in [4.69, 9.17) is 13.6 Å². The molecule has 0 bridgehead atoms. The van der Waals surface area contributed by atoms with Crippen LogP contribution in [0.2, 0.25) is 0 Å². The quantitative estimate of drug-likeness (QED) is 0.483. The summed E-state index contributed by atoms with van der Waals surface area (Å²) in [5.74, 6) is 0.404. The molecule has 156 valence electrons. The van der Waals surface area contributed by atoms with Crippen molar-refractivity contribution >= 4 is 11.9 Å². The summed E-state index contributed by atoms with van der Waals surface area (Å²) in [5.41, 5.74) is 1.90. The third kappa shape index (κ3) is 3.89. The van der Waals surface area contributed by atoms with Crippen LogP contribution < -0.4 is 10.1 Å². The van der Waals surface area contributed by atoms with E-state index in [0.29, 0.717) is 34.3 Å². The molecule has 1 aromatic carbocycles. The molecule has 3 heterocycles. The van der Waals surface area contributed by atoms with Crippen LogP contribution in [0.15, 0.2) is 57.7 Å². The summed E-state index contributed by atoms with van der Waals surface area (Å²) in [7, 11) is 1.56. The van der Waals surface area contributed by atoms with Crippen molar-refractivity contribution in [3.63, 3.8) is 0 Å². The molecule has 0 spiro atoms. The number of pyridine rings is 1. The average molecular weight is 420 g/mol. The molecule has 31 heavy (non-hydrogen) atoms. The van der Waals surface area contributed by atoms with Crippen LogP contribution in [0.3, 0.4) is 0 Å².